The van der Waals surface area contributed by atoms with Crippen molar-refractivity contribution in [3.8, 4) is 0 Å². The summed E-state index contributed by atoms with van der Waals surface area (Å²) in [6.07, 6.45) is 3.16. The summed E-state index contributed by atoms with van der Waals surface area (Å²) in [5, 5.41) is 0.820. The zero-order chi connectivity index (χ0) is 12.1. The Morgan fingerprint density at radius 1 is 1.35 bits per heavy atom. The zero-order valence-corrected chi connectivity index (χ0v) is 10.3. The van der Waals surface area contributed by atoms with E-state index < -0.39 is 0 Å². The predicted molar refractivity (Wildman–Crippen MR) is 68.3 cm³/mol. The number of thioether (sulfide) groups is 1. The van der Waals surface area contributed by atoms with Crippen molar-refractivity contribution in [1.29, 1.82) is 0 Å². The van der Waals surface area contributed by atoms with E-state index in [1.54, 1.807) is 12.3 Å². The molecule has 0 amide bonds. The molecule has 3 nitrogen and oxygen atoms in total. The topological polar surface area (TPSA) is 42.9 Å². The van der Waals surface area contributed by atoms with Crippen LogP contribution in [0, 0.1) is 6.92 Å². The highest BCUT2D eigenvalue weighted by molar-refractivity contribution is 7.99. The Balaban J connectivity index is 1.98. The molecule has 0 saturated heterocycles. The first-order valence-electron chi connectivity index (χ1n) is 5.24. The first-order valence-corrected chi connectivity index (χ1v) is 6.23. The lowest BCUT2D eigenvalue weighted by Gasteiger charge is -2.01. The van der Waals surface area contributed by atoms with E-state index in [9.17, 15) is 4.79 Å². The molecule has 86 valence electrons. The van der Waals surface area contributed by atoms with E-state index >= 15 is 0 Å². The Labute approximate surface area is 104 Å². The number of hydrogen-bond donors (Lipinski definition) is 0. The van der Waals surface area contributed by atoms with Crippen molar-refractivity contribution in [2.24, 2.45) is 0 Å². The van der Waals surface area contributed by atoms with Gasteiger partial charge in [0.25, 0.3) is 0 Å². The fourth-order valence-corrected chi connectivity index (χ4v) is 2.13. The molecular weight excluding hydrogens is 232 g/mol. The van der Waals surface area contributed by atoms with Crippen LogP contribution in [0.15, 0.2) is 47.9 Å². The Morgan fingerprint density at radius 3 is 2.94 bits per heavy atom. The van der Waals surface area contributed by atoms with Crippen molar-refractivity contribution >= 4 is 17.5 Å². The molecular formula is C13H12N2OS. The van der Waals surface area contributed by atoms with E-state index in [1.807, 2.05) is 31.2 Å². The largest absolute Gasteiger partial charge is 0.293 e. The van der Waals surface area contributed by atoms with E-state index in [-0.39, 0.29) is 5.78 Å². The van der Waals surface area contributed by atoms with Crippen molar-refractivity contribution < 1.29 is 4.79 Å². The maximum Gasteiger partial charge on any atom is 0.173 e. The number of nitrogens with zero attached hydrogens (tertiary/aromatic N) is 2. The molecule has 0 fully saturated rings. The van der Waals surface area contributed by atoms with E-state index in [0.717, 1.165) is 16.2 Å². The molecule has 0 spiro atoms. The summed E-state index contributed by atoms with van der Waals surface area (Å²) >= 11 is 1.43. The van der Waals surface area contributed by atoms with Gasteiger partial charge in [-0.25, -0.2) is 9.97 Å². The number of carbonyl (C=O) groups excluding carboxylic acids is 1. The molecule has 0 radical (unpaired) electrons. The van der Waals surface area contributed by atoms with E-state index in [0.29, 0.717) is 5.75 Å². The normalized spacial score (nSPS) is 10.2. The summed E-state index contributed by atoms with van der Waals surface area (Å²) in [6.45, 7) is 1.98. The molecule has 0 aliphatic rings. The van der Waals surface area contributed by atoms with Gasteiger partial charge in [0.05, 0.1) is 10.8 Å². The number of rotatable bonds is 4. The third kappa shape index (κ3) is 3.39. The fourth-order valence-electron chi connectivity index (χ4n) is 1.41. The average molecular weight is 244 g/mol. The highest BCUT2D eigenvalue weighted by Crippen LogP contribution is 2.16. The van der Waals surface area contributed by atoms with Gasteiger partial charge in [0.1, 0.15) is 6.33 Å². The van der Waals surface area contributed by atoms with Crippen LogP contribution in [-0.2, 0) is 0 Å². The van der Waals surface area contributed by atoms with E-state index in [4.69, 9.17) is 0 Å². The molecule has 1 aromatic carbocycles. The second kappa shape index (κ2) is 5.59. The van der Waals surface area contributed by atoms with Crippen LogP contribution in [0.25, 0.3) is 0 Å². The zero-order valence-electron chi connectivity index (χ0n) is 9.46. The summed E-state index contributed by atoms with van der Waals surface area (Å²) in [5.41, 5.74) is 1.86. The predicted octanol–water partition coefficient (Wildman–Crippen LogP) is 2.76. The molecule has 0 atom stereocenters. The summed E-state index contributed by atoms with van der Waals surface area (Å²) in [7, 11) is 0. The van der Waals surface area contributed by atoms with Crippen molar-refractivity contribution in [2.75, 3.05) is 5.75 Å². The lowest BCUT2D eigenvalue weighted by atomic mass is 10.1. The molecule has 2 aromatic rings. The second-order valence-electron chi connectivity index (χ2n) is 3.63. The maximum atomic E-state index is 11.9. The van der Waals surface area contributed by atoms with Crippen LogP contribution < -0.4 is 0 Å². The maximum absolute atomic E-state index is 11.9. The lowest BCUT2D eigenvalue weighted by Crippen LogP contribution is -2.02. The summed E-state index contributed by atoms with van der Waals surface area (Å²) in [4.78, 5) is 19.8. The molecule has 1 heterocycles. The van der Waals surface area contributed by atoms with E-state index in [1.165, 1.54) is 18.1 Å². The summed E-state index contributed by atoms with van der Waals surface area (Å²) in [5.74, 6) is 0.526. The van der Waals surface area contributed by atoms with Gasteiger partial charge in [-0.2, -0.15) is 0 Å². The smallest absolute Gasteiger partial charge is 0.173 e. The molecule has 17 heavy (non-hydrogen) atoms. The SMILES string of the molecule is Cc1cccc(C(=O)CSc2ccncn2)c1. The molecule has 2 rings (SSSR count). The molecule has 0 unspecified atom stereocenters. The van der Waals surface area contributed by atoms with Crippen LogP contribution in [0.2, 0.25) is 0 Å². The third-order valence-corrected chi connectivity index (χ3v) is 3.19. The monoisotopic (exact) mass is 244 g/mol. The van der Waals surface area contributed by atoms with Crippen molar-refractivity contribution in [3.63, 3.8) is 0 Å². The fraction of sp³-hybridized carbons (Fsp3) is 0.154. The number of carbonyl (C=O) groups is 1. The van der Waals surface area contributed by atoms with Gasteiger partial charge in [0, 0.05) is 11.8 Å². The Bertz CT molecular complexity index is 514. The lowest BCUT2D eigenvalue weighted by molar-refractivity contribution is 0.102. The second-order valence-corrected chi connectivity index (χ2v) is 4.62. The minimum absolute atomic E-state index is 0.123. The minimum Gasteiger partial charge on any atom is -0.293 e. The average Bonchev–Trinajstić information content (AvgIpc) is 2.37. The van der Waals surface area contributed by atoms with Gasteiger partial charge in [0.15, 0.2) is 5.78 Å². The van der Waals surface area contributed by atoms with Gasteiger partial charge >= 0.3 is 0 Å². The molecule has 1 aromatic heterocycles. The number of benzene rings is 1. The van der Waals surface area contributed by atoms with Gasteiger partial charge in [0.2, 0.25) is 0 Å². The molecule has 0 aliphatic carbocycles. The van der Waals surface area contributed by atoms with Gasteiger partial charge < -0.3 is 0 Å². The quantitative estimate of drug-likeness (QED) is 0.471. The van der Waals surface area contributed by atoms with Crippen LogP contribution >= 0.6 is 11.8 Å². The van der Waals surface area contributed by atoms with E-state index in [2.05, 4.69) is 9.97 Å². The number of aryl methyl sites for hydroxylation is 1. The Hall–Kier alpha value is -1.68. The van der Waals surface area contributed by atoms with Crippen molar-refractivity contribution in [2.45, 2.75) is 11.9 Å². The van der Waals surface area contributed by atoms with Crippen LogP contribution in [0.1, 0.15) is 15.9 Å². The number of Topliss-reactive ketones (excluding diaryl/α,β-unsaturated/α-hetero) is 1. The van der Waals surface area contributed by atoms with Gasteiger partial charge in [-0.3, -0.25) is 4.79 Å². The van der Waals surface area contributed by atoms with Crippen molar-refractivity contribution in [1.82, 2.24) is 9.97 Å². The van der Waals surface area contributed by atoms with Crippen LogP contribution in [0.5, 0.6) is 0 Å². The standard InChI is InChI=1S/C13H12N2OS/c1-10-3-2-4-11(7-10)12(16)8-17-13-5-6-14-9-15-13/h2-7,9H,8H2,1H3. The Morgan fingerprint density at radius 2 is 2.24 bits per heavy atom. The van der Waals surface area contributed by atoms with Gasteiger partial charge in [-0.1, -0.05) is 35.5 Å². The summed E-state index contributed by atoms with van der Waals surface area (Å²) < 4.78 is 0. The number of aromatic nitrogens is 2. The molecule has 0 saturated carbocycles. The van der Waals surface area contributed by atoms with Gasteiger partial charge in [-0.05, 0) is 19.1 Å². The van der Waals surface area contributed by atoms with Crippen molar-refractivity contribution in [3.05, 3.63) is 54.0 Å². The molecule has 0 bridgehead atoms. The van der Waals surface area contributed by atoms with Crippen LogP contribution in [0.4, 0.5) is 0 Å². The third-order valence-electron chi connectivity index (χ3n) is 2.25. The highest BCUT2D eigenvalue weighted by atomic mass is 32.2. The van der Waals surface area contributed by atoms with Crippen LogP contribution in [-0.4, -0.2) is 21.5 Å². The first-order chi connectivity index (χ1) is 8.25. The number of hydrogen-bond acceptors (Lipinski definition) is 4. The Kier molecular flexibility index (Phi) is 3.88. The molecule has 0 N–H and O–H groups in total. The molecule has 0 aliphatic heterocycles. The molecule has 4 heteroatoms. The summed E-state index contributed by atoms with van der Waals surface area (Å²) in [6, 6.07) is 9.43. The number of ketones is 1. The first kappa shape index (κ1) is 11.8. The van der Waals surface area contributed by atoms with Crippen LogP contribution in [0.3, 0.4) is 0 Å². The minimum atomic E-state index is 0.123. The van der Waals surface area contributed by atoms with Gasteiger partial charge in [-0.15, -0.1) is 0 Å². The highest BCUT2D eigenvalue weighted by Gasteiger charge is 2.06.